The largest absolute Gasteiger partial charge is 0.347 e. The van der Waals surface area contributed by atoms with Crippen LogP contribution < -0.4 is 5.32 Å². The van der Waals surface area contributed by atoms with E-state index in [1.807, 2.05) is 37.4 Å². The van der Waals surface area contributed by atoms with E-state index in [9.17, 15) is 9.59 Å². The van der Waals surface area contributed by atoms with Gasteiger partial charge in [-0.25, -0.2) is 0 Å². The van der Waals surface area contributed by atoms with Crippen molar-refractivity contribution in [2.45, 2.75) is 19.5 Å². The molecule has 0 saturated heterocycles. The Labute approximate surface area is 174 Å². The first kappa shape index (κ1) is 19.2. The van der Waals surface area contributed by atoms with Crippen LogP contribution in [0.3, 0.4) is 0 Å². The summed E-state index contributed by atoms with van der Waals surface area (Å²) in [7, 11) is 1.83. The van der Waals surface area contributed by atoms with Crippen LogP contribution in [-0.4, -0.2) is 33.0 Å². The van der Waals surface area contributed by atoms with Gasteiger partial charge in [-0.15, -0.1) is 0 Å². The second-order valence-corrected chi connectivity index (χ2v) is 7.49. The number of nitrogens with one attached hydrogen (secondary N) is 1. The Hall–Kier alpha value is -3.12. The van der Waals surface area contributed by atoms with Gasteiger partial charge in [-0.05, 0) is 23.8 Å². The summed E-state index contributed by atoms with van der Waals surface area (Å²) < 4.78 is 1.74. The number of hydrogen-bond donors (Lipinski definition) is 1. The maximum Gasteiger partial charge on any atom is 0.272 e. The van der Waals surface area contributed by atoms with Gasteiger partial charge < -0.3 is 10.2 Å². The van der Waals surface area contributed by atoms with Crippen molar-refractivity contribution in [2.24, 2.45) is 7.05 Å². The highest BCUT2D eigenvalue weighted by Gasteiger charge is 2.29. The molecule has 4 rings (SSSR count). The molecular formula is C22H21ClN4O2. The lowest BCUT2D eigenvalue weighted by molar-refractivity contribution is 0.0730. The zero-order valence-corrected chi connectivity index (χ0v) is 16.8. The molecular weight excluding hydrogens is 388 g/mol. The van der Waals surface area contributed by atoms with Gasteiger partial charge in [-0.3, -0.25) is 14.3 Å². The lowest BCUT2D eigenvalue weighted by atomic mass is 10.0. The Bertz CT molecular complexity index is 1060. The highest BCUT2D eigenvalue weighted by Crippen LogP contribution is 2.24. The minimum absolute atomic E-state index is 0.0994. The van der Waals surface area contributed by atoms with E-state index in [-0.39, 0.29) is 11.8 Å². The van der Waals surface area contributed by atoms with Crippen LogP contribution in [-0.2, 0) is 26.6 Å². The zero-order valence-electron chi connectivity index (χ0n) is 16.1. The van der Waals surface area contributed by atoms with E-state index in [0.29, 0.717) is 42.3 Å². The summed E-state index contributed by atoms with van der Waals surface area (Å²) in [5.74, 6) is -0.333. The van der Waals surface area contributed by atoms with Gasteiger partial charge in [0.1, 0.15) is 0 Å². The van der Waals surface area contributed by atoms with E-state index < -0.39 is 0 Å². The van der Waals surface area contributed by atoms with Gasteiger partial charge >= 0.3 is 0 Å². The first-order chi connectivity index (χ1) is 14.0. The predicted octanol–water partition coefficient (Wildman–Crippen LogP) is 3.20. The molecule has 0 saturated carbocycles. The zero-order chi connectivity index (χ0) is 20.4. The molecule has 29 heavy (non-hydrogen) atoms. The second-order valence-electron chi connectivity index (χ2n) is 7.05. The van der Waals surface area contributed by atoms with Crippen LogP contribution in [0.5, 0.6) is 0 Å². The van der Waals surface area contributed by atoms with Gasteiger partial charge in [-0.1, -0.05) is 48.0 Å². The summed E-state index contributed by atoms with van der Waals surface area (Å²) in [6.45, 7) is 1.35. The summed E-state index contributed by atoms with van der Waals surface area (Å²) in [6, 6.07) is 16.6. The molecule has 3 aromatic rings. The van der Waals surface area contributed by atoms with Gasteiger partial charge in [0, 0.05) is 48.4 Å². The topological polar surface area (TPSA) is 67.2 Å². The van der Waals surface area contributed by atoms with E-state index >= 15 is 0 Å². The maximum atomic E-state index is 12.9. The monoisotopic (exact) mass is 408 g/mol. The molecule has 148 valence electrons. The van der Waals surface area contributed by atoms with Crippen LogP contribution in [0.25, 0.3) is 0 Å². The lowest BCUT2D eigenvalue weighted by Gasteiger charge is -2.27. The number of carbonyl (C=O) groups is 2. The van der Waals surface area contributed by atoms with E-state index in [4.69, 9.17) is 11.6 Å². The molecule has 2 amide bonds. The Morgan fingerprint density at radius 2 is 1.93 bits per heavy atom. The Morgan fingerprint density at radius 3 is 2.69 bits per heavy atom. The molecule has 1 aromatic heterocycles. The van der Waals surface area contributed by atoms with Crippen LogP contribution in [0.2, 0.25) is 5.02 Å². The van der Waals surface area contributed by atoms with Gasteiger partial charge in [0.15, 0.2) is 5.69 Å². The van der Waals surface area contributed by atoms with Crippen LogP contribution >= 0.6 is 11.6 Å². The van der Waals surface area contributed by atoms with E-state index in [1.54, 1.807) is 33.8 Å². The number of aromatic nitrogens is 2. The molecule has 0 radical (unpaired) electrons. The maximum absolute atomic E-state index is 12.9. The highest BCUT2D eigenvalue weighted by molar-refractivity contribution is 6.30. The molecule has 2 aromatic carbocycles. The molecule has 6 nitrogen and oxygen atoms in total. The summed E-state index contributed by atoms with van der Waals surface area (Å²) in [6.07, 6.45) is 0.650. The minimum atomic E-state index is -0.234. The molecule has 0 aliphatic carbocycles. The summed E-state index contributed by atoms with van der Waals surface area (Å²) in [4.78, 5) is 27.4. The molecule has 1 aliphatic heterocycles. The molecule has 1 N–H and O–H groups in total. The third kappa shape index (κ3) is 4.03. The van der Waals surface area contributed by atoms with Gasteiger partial charge in [-0.2, -0.15) is 5.10 Å². The Kier molecular flexibility index (Phi) is 5.36. The van der Waals surface area contributed by atoms with Crippen LogP contribution in [0.1, 0.15) is 37.7 Å². The Morgan fingerprint density at radius 1 is 1.14 bits per heavy atom. The summed E-state index contributed by atoms with van der Waals surface area (Å²) in [5.41, 5.74) is 3.73. The highest BCUT2D eigenvalue weighted by atomic mass is 35.5. The summed E-state index contributed by atoms with van der Waals surface area (Å²) in [5, 5.41) is 7.88. The van der Waals surface area contributed by atoms with E-state index in [0.717, 1.165) is 16.8 Å². The van der Waals surface area contributed by atoms with Crippen molar-refractivity contribution in [1.82, 2.24) is 20.0 Å². The second kappa shape index (κ2) is 8.09. The number of halogens is 1. The van der Waals surface area contributed by atoms with E-state index in [2.05, 4.69) is 10.4 Å². The lowest BCUT2D eigenvalue weighted by Crippen LogP contribution is -2.37. The number of carbonyl (C=O) groups excluding carboxylic acids is 2. The first-order valence-electron chi connectivity index (χ1n) is 9.44. The molecule has 7 heteroatoms. The standard InChI is InChI=1S/C22H21ClN4O2/c1-26-19-10-11-27(22(29)16-8-5-9-17(23)12-16)14-18(19)20(25-26)21(28)24-13-15-6-3-2-4-7-15/h2-9,12H,10-11,13-14H2,1H3,(H,24,28). The van der Waals surface area contributed by atoms with Crippen molar-refractivity contribution < 1.29 is 9.59 Å². The average molecular weight is 409 g/mol. The summed E-state index contributed by atoms with van der Waals surface area (Å²) >= 11 is 6.03. The van der Waals surface area contributed by atoms with Crippen LogP contribution in [0, 0.1) is 0 Å². The predicted molar refractivity (Wildman–Crippen MR) is 111 cm³/mol. The molecule has 0 spiro atoms. The van der Waals surface area contributed by atoms with Crippen molar-refractivity contribution in [3.63, 3.8) is 0 Å². The fourth-order valence-corrected chi connectivity index (χ4v) is 3.80. The molecule has 0 bridgehead atoms. The van der Waals surface area contributed by atoms with Gasteiger partial charge in [0.25, 0.3) is 11.8 Å². The number of hydrogen-bond acceptors (Lipinski definition) is 3. The van der Waals surface area contributed by atoms with Crippen molar-refractivity contribution in [3.8, 4) is 0 Å². The molecule has 1 aliphatic rings. The number of amides is 2. The number of nitrogens with zero attached hydrogens (tertiary/aromatic N) is 3. The van der Waals surface area contributed by atoms with Crippen molar-refractivity contribution >= 4 is 23.4 Å². The molecule has 0 unspecified atom stereocenters. The number of benzene rings is 2. The first-order valence-corrected chi connectivity index (χ1v) is 9.82. The minimum Gasteiger partial charge on any atom is -0.347 e. The SMILES string of the molecule is Cn1nc(C(=O)NCc2ccccc2)c2c1CCN(C(=O)c1cccc(Cl)c1)C2. The number of fused-ring (bicyclic) bond motifs is 1. The van der Waals surface area contributed by atoms with Gasteiger partial charge in [0.2, 0.25) is 0 Å². The fraction of sp³-hybridized carbons (Fsp3) is 0.227. The quantitative estimate of drug-likeness (QED) is 0.720. The van der Waals surface area contributed by atoms with Crippen molar-refractivity contribution in [3.05, 3.63) is 87.7 Å². The molecule has 2 heterocycles. The normalized spacial score (nSPS) is 13.1. The van der Waals surface area contributed by atoms with Crippen molar-refractivity contribution in [2.75, 3.05) is 6.54 Å². The molecule has 0 fully saturated rings. The number of aryl methyl sites for hydroxylation is 1. The molecule has 0 atom stereocenters. The van der Waals surface area contributed by atoms with E-state index in [1.165, 1.54) is 0 Å². The third-order valence-corrected chi connectivity index (χ3v) is 5.35. The van der Waals surface area contributed by atoms with Gasteiger partial charge in [0.05, 0.1) is 6.54 Å². The Balaban J connectivity index is 1.53. The van der Waals surface area contributed by atoms with Crippen molar-refractivity contribution in [1.29, 1.82) is 0 Å². The smallest absolute Gasteiger partial charge is 0.272 e. The van der Waals surface area contributed by atoms with Crippen LogP contribution in [0.4, 0.5) is 0 Å². The number of rotatable bonds is 4. The average Bonchev–Trinajstić information content (AvgIpc) is 3.08. The third-order valence-electron chi connectivity index (χ3n) is 5.11. The fourth-order valence-electron chi connectivity index (χ4n) is 3.61. The van der Waals surface area contributed by atoms with Crippen LogP contribution in [0.15, 0.2) is 54.6 Å².